The number of aliphatic hydroxyl groups is 1. The Morgan fingerprint density at radius 3 is 2.57 bits per heavy atom. The number of amides is 1. The number of piperidine rings is 1. The van der Waals surface area contributed by atoms with Crippen LogP contribution in [0.4, 0.5) is 0 Å². The van der Waals surface area contributed by atoms with E-state index in [2.05, 4.69) is 0 Å². The number of hydrogen-bond acceptors (Lipinski definition) is 2. The van der Waals surface area contributed by atoms with Gasteiger partial charge in [0, 0.05) is 12.5 Å². The van der Waals surface area contributed by atoms with Gasteiger partial charge in [-0.05, 0) is 32.6 Å². The summed E-state index contributed by atoms with van der Waals surface area (Å²) in [6.45, 7) is 2.80. The van der Waals surface area contributed by atoms with E-state index in [0.29, 0.717) is 0 Å². The lowest BCUT2D eigenvalue weighted by molar-refractivity contribution is -0.145. The van der Waals surface area contributed by atoms with E-state index in [-0.39, 0.29) is 24.0 Å². The number of aliphatic hydroxyl groups excluding tert-OH is 1. The molecule has 2 fully saturated rings. The van der Waals surface area contributed by atoms with E-state index in [1.165, 1.54) is 6.42 Å². The van der Waals surface area contributed by atoms with Crippen LogP contribution in [-0.4, -0.2) is 34.6 Å². The molecule has 0 bridgehead atoms. The molecule has 1 aliphatic carbocycles. The van der Waals surface area contributed by atoms with E-state index in [9.17, 15) is 9.90 Å². The van der Waals surface area contributed by atoms with Gasteiger partial charge in [0.2, 0.25) is 5.91 Å². The van der Waals surface area contributed by atoms with Crippen molar-refractivity contribution in [1.82, 2.24) is 4.90 Å². The van der Waals surface area contributed by atoms with Crippen molar-refractivity contribution in [2.24, 2.45) is 5.92 Å². The van der Waals surface area contributed by atoms with E-state index in [4.69, 9.17) is 0 Å². The molecule has 1 N–H and O–H groups in total. The molecule has 0 radical (unpaired) electrons. The molecule has 1 amide bonds. The van der Waals surface area contributed by atoms with Gasteiger partial charge in [-0.15, -0.1) is 0 Å². The Labute approximate surface area is 85.1 Å². The third-order valence-electron chi connectivity index (χ3n) is 3.68. The van der Waals surface area contributed by atoms with Crippen LogP contribution in [0.5, 0.6) is 0 Å². The molecule has 3 heteroatoms. The van der Waals surface area contributed by atoms with Crippen LogP contribution in [0, 0.1) is 5.92 Å². The van der Waals surface area contributed by atoms with Crippen LogP contribution in [0.15, 0.2) is 0 Å². The largest absolute Gasteiger partial charge is 0.391 e. The van der Waals surface area contributed by atoms with E-state index in [1.54, 1.807) is 0 Å². The van der Waals surface area contributed by atoms with Gasteiger partial charge in [-0.2, -0.15) is 0 Å². The van der Waals surface area contributed by atoms with Gasteiger partial charge in [-0.3, -0.25) is 4.79 Å². The first-order valence-electron chi connectivity index (χ1n) is 5.68. The summed E-state index contributed by atoms with van der Waals surface area (Å²) in [5, 5.41) is 9.68. The summed E-state index contributed by atoms with van der Waals surface area (Å²) < 4.78 is 0. The van der Waals surface area contributed by atoms with Gasteiger partial charge in [0.15, 0.2) is 0 Å². The van der Waals surface area contributed by atoms with Crippen molar-refractivity contribution in [3.63, 3.8) is 0 Å². The van der Waals surface area contributed by atoms with Crippen molar-refractivity contribution < 1.29 is 9.90 Å². The average Bonchev–Trinajstić information content (AvgIpc) is 2.06. The normalized spacial score (nSPS) is 34.0. The molecule has 2 atom stereocenters. The maximum Gasteiger partial charge on any atom is 0.226 e. The zero-order valence-corrected chi connectivity index (χ0v) is 8.78. The minimum Gasteiger partial charge on any atom is -0.391 e. The lowest BCUT2D eigenvalue weighted by Crippen LogP contribution is -2.52. The molecule has 2 aliphatic rings. The zero-order chi connectivity index (χ0) is 10.1. The molecule has 3 nitrogen and oxygen atoms in total. The Hall–Kier alpha value is -0.570. The molecule has 0 spiro atoms. The van der Waals surface area contributed by atoms with Crippen LogP contribution in [-0.2, 0) is 4.79 Å². The predicted molar refractivity (Wildman–Crippen MR) is 53.8 cm³/mol. The summed E-state index contributed by atoms with van der Waals surface area (Å²) in [6.07, 6.45) is 4.78. The first-order chi connectivity index (χ1) is 6.70. The second-order valence-electron chi connectivity index (χ2n) is 4.61. The molecule has 80 valence electrons. The molecule has 2 rings (SSSR count). The standard InChI is InChI=1S/C11H19NO2/c1-8-10(13)6-3-7-12(8)11(14)9-4-2-5-9/h8-10,13H,2-7H2,1H3. The molecule has 2 unspecified atom stereocenters. The Balaban J connectivity index is 1.97. The molecule has 1 heterocycles. The summed E-state index contributed by atoms with van der Waals surface area (Å²) >= 11 is 0. The maximum absolute atomic E-state index is 12.0. The van der Waals surface area contributed by atoms with Gasteiger partial charge in [0.25, 0.3) is 0 Å². The SMILES string of the molecule is CC1C(O)CCCN1C(=O)C1CCC1. The van der Waals surface area contributed by atoms with Gasteiger partial charge >= 0.3 is 0 Å². The summed E-state index contributed by atoms with van der Waals surface area (Å²) in [4.78, 5) is 13.8. The fourth-order valence-corrected chi connectivity index (χ4v) is 2.32. The van der Waals surface area contributed by atoms with Crippen LogP contribution in [0.3, 0.4) is 0 Å². The van der Waals surface area contributed by atoms with Gasteiger partial charge in [-0.25, -0.2) is 0 Å². The Kier molecular flexibility index (Phi) is 2.77. The fourth-order valence-electron chi connectivity index (χ4n) is 2.32. The number of likely N-dealkylation sites (tertiary alicyclic amines) is 1. The predicted octanol–water partition coefficient (Wildman–Crippen LogP) is 1.16. The van der Waals surface area contributed by atoms with Crippen molar-refractivity contribution in [3.05, 3.63) is 0 Å². The highest BCUT2D eigenvalue weighted by molar-refractivity contribution is 5.80. The van der Waals surface area contributed by atoms with Gasteiger partial charge in [-0.1, -0.05) is 6.42 Å². The second-order valence-corrected chi connectivity index (χ2v) is 4.61. The highest BCUT2D eigenvalue weighted by atomic mass is 16.3. The Morgan fingerprint density at radius 1 is 1.29 bits per heavy atom. The highest BCUT2D eigenvalue weighted by Crippen LogP contribution is 2.30. The smallest absolute Gasteiger partial charge is 0.226 e. The average molecular weight is 197 g/mol. The van der Waals surface area contributed by atoms with Crippen LogP contribution >= 0.6 is 0 Å². The molecule has 1 aliphatic heterocycles. The van der Waals surface area contributed by atoms with Crippen molar-refractivity contribution in [2.45, 2.75) is 51.2 Å². The molecular formula is C11H19NO2. The number of hydrogen-bond donors (Lipinski definition) is 1. The molecule has 14 heavy (non-hydrogen) atoms. The van der Waals surface area contributed by atoms with Gasteiger partial charge in [0.05, 0.1) is 12.1 Å². The van der Waals surface area contributed by atoms with Crippen molar-refractivity contribution >= 4 is 5.91 Å². The number of rotatable bonds is 1. The minimum atomic E-state index is -0.312. The molecule has 1 saturated heterocycles. The first-order valence-corrected chi connectivity index (χ1v) is 5.68. The van der Waals surface area contributed by atoms with Crippen LogP contribution in [0.2, 0.25) is 0 Å². The Morgan fingerprint density at radius 2 is 2.00 bits per heavy atom. The van der Waals surface area contributed by atoms with Crippen LogP contribution in [0.25, 0.3) is 0 Å². The summed E-state index contributed by atoms with van der Waals surface area (Å²) in [6, 6.07) is 0.0249. The van der Waals surface area contributed by atoms with Gasteiger partial charge < -0.3 is 10.0 Å². The lowest BCUT2D eigenvalue weighted by Gasteiger charge is -2.40. The van der Waals surface area contributed by atoms with E-state index in [0.717, 1.165) is 32.2 Å². The summed E-state index contributed by atoms with van der Waals surface area (Å²) in [5.74, 6) is 0.547. The quantitative estimate of drug-likeness (QED) is 0.685. The second kappa shape index (κ2) is 3.89. The number of nitrogens with zero attached hydrogens (tertiary/aromatic N) is 1. The van der Waals surface area contributed by atoms with Crippen molar-refractivity contribution in [2.75, 3.05) is 6.54 Å². The van der Waals surface area contributed by atoms with Crippen molar-refractivity contribution in [1.29, 1.82) is 0 Å². The van der Waals surface area contributed by atoms with Crippen LogP contribution < -0.4 is 0 Å². The third-order valence-corrected chi connectivity index (χ3v) is 3.68. The molecule has 0 aromatic carbocycles. The lowest BCUT2D eigenvalue weighted by atomic mass is 9.83. The number of carbonyl (C=O) groups is 1. The van der Waals surface area contributed by atoms with Gasteiger partial charge in [0.1, 0.15) is 0 Å². The van der Waals surface area contributed by atoms with E-state index >= 15 is 0 Å². The van der Waals surface area contributed by atoms with Crippen LogP contribution in [0.1, 0.15) is 39.0 Å². The fraction of sp³-hybridized carbons (Fsp3) is 0.909. The number of carbonyl (C=O) groups excluding carboxylic acids is 1. The van der Waals surface area contributed by atoms with E-state index < -0.39 is 0 Å². The molecular weight excluding hydrogens is 178 g/mol. The zero-order valence-electron chi connectivity index (χ0n) is 8.78. The summed E-state index contributed by atoms with van der Waals surface area (Å²) in [5.41, 5.74) is 0. The highest BCUT2D eigenvalue weighted by Gasteiger charge is 2.35. The molecule has 0 aromatic heterocycles. The molecule has 1 saturated carbocycles. The minimum absolute atomic E-state index is 0.0249. The molecule has 0 aromatic rings. The monoisotopic (exact) mass is 197 g/mol. The topological polar surface area (TPSA) is 40.5 Å². The third kappa shape index (κ3) is 1.65. The first kappa shape index (κ1) is 9.97. The maximum atomic E-state index is 12.0. The Bertz CT molecular complexity index is 225. The summed E-state index contributed by atoms with van der Waals surface area (Å²) in [7, 11) is 0. The van der Waals surface area contributed by atoms with E-state index in [1.807, 2.05) is 11.8 Å². The van der Waals surface area contributed by atoms with Crippen molar-refractivity contribution in [3.8, 4) is 0 Å².